The summed E-state index contributed by atoms with van der Waals surface area (Å²) in [5, 5.41) is 15.1. The Morgan fingerprint density at radius 1 is 1.09 bits per heavy atom. The number of nitrogens with zero attached hydrogens (tertiary/aromatic N) is 4. The number of hydrogen-bond acceptors (Lipinski definition) is 5. The van der Waals surface area contributed by atoms with Crippen molar-refractivity contribution in [3.05, 3.63) is 82.4 Å². The second-order valence-electron chi connectivity index (χ2n) is 14.2. The van der Waals surface area contributed by atoms with Crippen molar-refractivity contribution in [3.8, 4) is 5.75 Å². The van der Waals surface area contributed by atoms with Crippen molar-refractivity contribution < 1.29 is 19.0 Å². The number of carboxylic acid groups (broad SMARTS) is 1. The highest BCUT2D eigenvalue weighted by atomic mass is 19.1. The van der Waals surface area contributed by atoms with Crippen molar-refractivity contribution in [2.24, 2.45) is 11.3 Å². The predicted octanol–water partition coefficient (Wildman–Crippen LogP) is 6.73. The van der Waals surface area contributed by atoms with Crippen LogP contribution >= 0.6 is 0 Å². The maximum Gasteiger partial charge on any atom is 0.321 e. The molecule has 8 heteroatoms. The van der Waals surface area contributed by atoms with E-state index < -0.39 is 12.0 Å². The summed E-state index contributed by atoms with van der Waals surface area (Å²) in [7, 11) is 0. The van der Waals surface area contributed by atoms with Crippen LogP contribution in [-0.2, 0) is 17.8 Å². The summed E-state index contributed by atoms with van der Waals surface area (Å²) in [5.74, 6) is 0.345. The zero-order chi connectivity index (χ0) is 32.3. The Kier molecular flexibility index (Phi) is 10.3. The molecular formula is C37H51FN4O3. The van der Waals surface area contributed by atoms with E-state index in [1.807, 2.05) is 33.8 Å². The van der Waals surface area contributed by atoms with Crippen LogP contribution in [0.2, 0.25) is 0 Å². The molecule has 0 spiro atoms. The molecule has 244 valence electrons. The standard InChI is InChI=1S/C37H51FN4O3/c1-7-42-33(21-30(39-42)19-26-12-13-34(45-8-2)32(38)20-26)27-14-16-40(17-15-27)22-29-23-41(35(36(43)44)37(4,5)6)24-31(29)28-11-9-10-25(3)18-28/h9-13,18,20-21,27,29,31,35H,7-8,14-17,19,22-24H2,1-6H3,(H,43,44)/t29-,31+,35-/m0/s1. The lowest BCUT2D eigenvalue weighted by atomic mass is 9.85. The molecule has 3 atom stereocenters. The monoisotopic (exact) mass is 618 g/mol. The molecule has 0 unspecified atom stereocenters. The van der Waals surface area contributed by atoms with E-state index in [9.17, 15) is 14.3 Å². The van der Waals surface area contributed by atoms with Crippen molar-refractivity contribution in [2.45, 2.75) is 85.2 Å². The first-order chi connectivity index (χ1) is 21.5. The van der Waals surface area contributed by atoms with E-state index in [1.54, 1.807) is 12.1 Å². The van der Waals surface area contributed by atoms with Gasteiger partial charge in [-0.3, -0.25) is 14.4 Å². The highest BCUT2D eigenvalue weighted by Crippen LogP contribution is 2.39. The summed E-state index contributed by atoms with van der Waals surface area (Å²) >= 11 is 0. The fraction of sp³-hybridized carbons (Fsp3) is 0.568. The molecule has 2 aliphatic heterocycles. The van der Waals surface area contributed by atoms with Crippen LogP contribution in [0.4, 0.5) is 4.39 Å². The van der Waals surface area contributed by atoms with E-state index in [0.29, 0.717) is 36.5 Å². The van der Waals surface area contributed by atoms with Crippen molar-refractivity contribution >= 4 is 5.97 Å². The summed E-state index contributed by atoms with van der Waals surface area (Å²) in [5.41, 5.74) is 5.36. The minimum Gasteiger partial charge on any atom is -0.491 e. The van der Waals surface area contributed by atoms with E-state index >= 15 is 0 Å². The number of carbonyl (C=O) groups is 1. The molecule has 2 fully saturated rings. The van der Waals surface area contributed by atoms with Crippen LogP contribution in [0, 0.1) is 24.1 Å². The fourth-order valence-corrected chi connectivity index (χ4v) is 7.69. The van der Waals surface area contributed by atoms with Gasteiger partial charge in [0.05, 0.1) is 12.3 Å². The van der Waals surface area contributed by atoms with Gasteiger partial charge >= 0.3 is 5.97 Å². The van der Waals surface area contributed by atoms with Gasteiger partial charge in [0.1, 0.15) is 6.04 Å². The van der Waals surface area contributed by atoms with Gasteiger partial charge < -0.3 is 14.7 Å². The second kappa shape index (κ2) is 14.0. The second-order valence-corrected chi connectivity index (χ2v) is 14.2. The van der Waals surface area contributed by atoms with Gasteiger partial charge in [-0.15, -0.1) is 0 Å². The minimum atomic E-state index is -0.730. The third-order valence-electron chi connectivity index (χ3n) is 9.70. The van der Waals surface area contributed by atoms with Crippen LogP contribution in [0.15, 0.2) is 48.5 Å². The smallest absolute Gasteiger partial charge is 0.321 e. The molecule has 0 radical (unpaired) electrons. The normalized spacial score (nSPS) is 20.9. The predicted molar refractivity (Wildman–Crippen MR) is 177 cm³/mol. The average molecular weight is 619 g/mol. The number of aryl methyl sites for hydroxylation is 2. The number of aromatic nitrogens is 2. The van der Waals surface area contributed by atoms with Gasteiger partial charge in [-0.25, -0.2) is 4.39 Å². The third kappa shape index (κ3) is 7.78. The Labute approximate surface area is 268 Å². The van der Waals surface area contributed by atoms with Gasteiger partial charge in [-0.1, -0.05) is 56.7 Å². The van der Waals surface area contributed by atoms with E-state index in [1.165, 1.54) is 16.8 Å². The van der Waals surface area contributed by atoms with E-state index in [-0.39, 0.29) is 11.2 Å². The molecule has 45 heavy (non-hydrogen) atoms. The first-order valence-electron chi connectivity index (χ1n) is 16.7. The molecule has 2 aliphatic rings. The Morgan fingerprint density at radius 3 is 2.47 bits per heavy atom. The maximum absolute atomic E-state index is 14.5. The third-order valence-corrected chi connectivity index (χ3v) is 9.70. The maximum atomic E-state index is 14.5. The summed E-state index contributed by atoms with van der Waals surface area (Å²) in [6.07, 6.45) is 2.72. The number of carboxylic acids is 1. The van der Waals surface area contributed by atoms with Crippen LogP contribution < -0.4 is 4.74 Å². The van der Waals surface area contributed by atoms with Crippen molar-refractivity contribution in [3.63, 3.8) is 0 Å². The van der Waals surface area contributed by atoms with Gasteiger partial charge in [0.25, 0.3) is 0 Å². The number of rotatable bonds is 11. The summed E-state index contributed by atoms with van der Waals surface area (Å²) < 4.78 is 22.0. The molecule has 3 heterocycles. The molecule has 1 N–H and O–H groups in total. The number of piperidine rings is 1. The van der Waals surface area contributed by atoms with Gasteiger partial charge in [-0.2, -0.15) is 5.10 Å². The molecule has 0 amide bonds. The molecule has 1 aromatic heterocycles. The Morgan fingerprint density at radius 2 is 1.84 bits per heavy atom. The highest BCUT2D eigenvalue weighted by Gasteiger charge is 2.44. The SMILES string of the molecule is CCOc1ccc(Cc2cc(C3CCN(C[C@H]4CN([C@@H](C(=O)O)C(C)(C)C)C[C@@H]4c4cccc(C)c4)CC3)n(CC)n2)cc1F. The van der Waals surface area contributed by atoms with Crippen LogP contribution in [0.5, 0.6) is 5.75 Å². The van der Waals surface area contributed by atoms with Crippen molar-refractivity contribution in [1.29, 1.82) is 0 Å². The molecule has 2 saturated heterocycles. The van der Waals surface area contributed by atoms with Crippen molar-refractivity contribution in [2.75, 3.05) is 39.3 Å². The highest BCUT2D eigenvalue weighted by molar-refractivity contribution is 5.74. The quantitative estimate of drug-likeness (QED) is 0.257. The zero-order valence-corrected chi connectivity index (χ0v) is 27.9. The molecule has 0 bridgehead atoms. The van der Waals surface area contributed by atoms with Gasteiger partial charge in [-0.05, 0) is 87.4 Å². The molecule has 0 aliphatic carbocycles. The summed E-state index contributed by atoms with van der Waals surface area (Å²) in [6.45, 7) is 18.0. The van der Waals surface area contributed by atoms with Gasteiger partial charge in [0.15, 0.2) is 11.6 Å². The summed E-state index contributed by atoms with van der Waals surface area (Å²) in [6, 6.07) is 15.7. The molecule has 0 saturated carbocycles. The number of ether oxygens (including phenoxy) is 1. The van der Waals surface area contributed by atoms with Crippen LogP contribution in [0.1, 0.15) is 87.4 Å². The molecule has 2 aromatic carbocycles. The number of hydrogen-bond donors (Lipinski definition) is 1. The van der Waals surface area contributed by atoms with Crippen LogP contribution in [0.25, 0.3) is 0 Å². The number of halogens is 1. The Balaban J connectivity index is 1.26. The van der Waals surface area contributed by atoms with E-state index in [4.69, 9.17) is 9.84 Å². The minimum absolute atomic E-state index is 0.291. The Hall–Kier alpha value is -3.23. The number of benzene rings is 2. The van der Waals surface area contributed by atoms with Crippen LogP contribution in [-0.4, -0.2) is 76.0 Å². The zero-order valence-electron chi connectivity index (χ0n) is 27.9. The summed E-state index contributed by atoms with van der Waals surface area (Å²) in [4.78, 5) is 17.2. The number of likely N-dealkylation sites (tertiary alicyclic amines) is 2. The van der Waals surface area contributed by atoms with Gasteiger partial charge in [0, 0.05) is 50.1 Å². The lowest BCUT2D eigenvalue weighted by Gasteiger charge is -2.36. The lowest BCUT2D eigenvalue weighted by Crippen LogP contribution is -2.48. The van der Waals surface area contributed by atoms with Crippen LogP contribution in [0.3, 0.4) is 0 Å². The largest absolute Gasteiger partial charge is 0.491 e. The molecule has 3 aromatic rings. The fourth-order valence-electron chi connectivity index (χ4n) is 7.69. The molecule has 7 nitrogen and oxygen atoms in total. The van der Waals surface area contributed by atoms with Gasteiger partial charge in [0.2, 0.25) is 0 Å². The first-order valence-corrected chi connectivity index (χ1v) is 16.7. The molecular weight excluding hydrogens is 567 g/mol. The van der Waals surface area contributed by atoms with E-state index in [0.717, 1.165) is 63.4 Å². The molecule has 5 rings (SSSR count). The topological polar surface area (TPSA) is 70.8 Å². The first kappa shape index (κ1) is 33.1. The van der Waals surface area contributed by atoms with E-state index in [2.05, 4.69) is 58.7 Å². The lowest BCUT2D eigenvalue weighted by molar-refractivity contribution is -0.147. The average Bonchev–Trinajstić information content (AvgIpc) is 3.58. The number of aliphatic carboxylic acids is 1. The van der Waals surface area contributed by atoms with Crippen molar-refractivity contribution in [1.82, 2.24) is 19.6 Å². The Bertz CT molecular complexity index is 1460.